The van der Waals surface area contributed by atoms with E-state index in [0.29, 0.717) is 17.4 Å². The number of hydrogen-bond donors (Lipinski definition) is 1. The third-order valence-corrected chi connectivity index (χ3v) is 16.6. The zero-order chi connectivity index (χ0) is 57.9. The van der Waals surface area contributed by atoms with Crippen LogP contribution in [0, 0.1) is 0 Å². The summed E-state index contributed by atoms with van der Waals surface area (Å²) >= 11 is 0. The number of allylic oxidation sites excluding steroid dienone is 5. The maximum absolute atomic E-state index is 13.6. The summed E-state index contributed by atoms with van der Waals surface area (Å²) in [6, 6.07) is -0.889. The zero-order valence-corrected chi connectivity index (χ0v) is 54.2. The molecular weight excluding hydrogens is 1000 g/mol. The van der Waals surface area contributed by atoms with Crippen LogP contribution in [-0.2, 0) is 27.9 Å². The average molecular weight is 1130 g/mol. The number of ether oxygens (including phenoxy) is 1. The molecule has 0 spiro atoms. The van der Waals surface area contributed by atoms with Gasteiger partial charge in [0, 0.05) is 12.8 Å². The van der Waals surface area contributed by atoms with Crippen molar-refractivity contribution >= 4 is 19.7 Å². The Bertz CT molecular complexity index is 1450. The van der Waals surface area contributed by atoms with Gasteiger partial charge < -0.3 is 28.5 Å². The highest BCUT2D eigenvalue weighted by molar-refractivity contribution is 7.45. The minimum absolute atomic E-state index is 0.0219. The van der Waals surface area contributed by atoms with Gasteiger partial charge in [0.2, 0.25) is 5.91 Å². The Morgan fingerprint density at radius 1 is 0.443 bits per heavy atom. The largest absolute Gasteiger partial charge is 0.756 e. The van der Waals surface area contributed by atoms with Crippen LogP contribution < -0.4 is 10.2 Å². The van der Waals surface area contributed by atoms with Gasteiger partial charge in [-0.25, -0.2) is 0 Å². The number of hydrogen-bond acceptors (Lipinski definition) is 7. The summed E-state index contributed by atoms with van der Waals surface area (Å²) in [5, 5.41) is 3.04. The van der Waals surface area contributed by atoms with Gasteiger partial charge >= 0.3 is 5.97 Å². The molecule has 0 saturated heterocycles. The Balaban J connectivity index is 4.95. The number of phosphoric acid groups is 1. The molecule has 466 valence electrons. The Morgan fingerprint density at radius 2 is 0.759 bits per heavy atom. The van der Waals surface area contributed by atoms with E-state index in [2.05, 4.69) is 50.4 Å². The number of rotatable bonds is 63. The number of amides is 1. The van der Waals surface area contributed by atoms with Crippen LogP contribution in [0.4, 0.5) is 0 Å². The van der Waals surface area contributed by atoms with Crippen molar-refractivity contribution in [2.24, 2.45) is 0 Å². The molecule has 3 atom stereocenters. The molecule has 9 nitrogen and oxygen atoms in total. The number of nitrogens with one attached hydrogen (secondary N) is 1. The number of nitrogens with zero attached hydrogens (tertiary/aromatic N) is 1. The zero-order valence-electron chi connectivity index (χ0n) is 53.3. The van der Waals surface area contributed by atoms with Crippen LogP contribution in [0.1, 0.15) is 342 Å². The molecule has 0 aromatic heterocycles. The molecule has 79 heavy (non-hydrogen) atoms. The highest BCUT2D eigenvalue weighted by atomic mass is 31.2. The number of quaternary nitrogens is 1. The second kappa shape index (κ2) is 59.4. The normalized spacial score (nSPS) is 13.8. The molecular formula is C69H133N2O7P. The van der Waals surface area contributed by atoms with Crippen molar-refractivity contribution in [1.82, 2.24) is 5.32 Å². The molecule has 0 aromatic rings. The van der Waals surface area contributed by atoms with Gasteiger partial charge in [0.25, 0.3) is 7.82 Å². The van der Waals surface area contributed by atoms with Crippen LogP contribution in [0.3, 0.4) is 0 Å². The van der Waals surface area contributed by atoms with E-state index in [0.717, 1.165) is 77.0 Å². The van der Waals surface area contributed by atoms with Crippen molar-refractivity contribution in [2.45, 2.75) is 354 Å². The fourth-order valence-corrected chi connectivity index (χ4v) is 11.0. The summed E-state index contributed by atoms with van der Waals surface area (Å²) in [5.41, 5.74) is 0. The van der Waals surface area contributed by atoms with Crippen LogP contribution in [0.2, 0.25) is 0 Å². The summed E-state index contributed by atoms with van der Waals surface area (Å²) < 4.78 is 30.4. The first-order chi connectivity index (χ1) is 38.4. The SMILES string of the molecule is CCCCC/C=C/C=C/CCCCCCCCC(=O)OC(/C=C\CCCCCCCCCCC)C(COP(=O)([O-])OCC[N+](C)(C)C)NC(=O)CCCCCCCCCCCCCCCCCCCCCCCCCCCCC. The van der Waals surface area contributed by atoms with E-state index >= 15 is 0 Å². The maximum Gasteiger partial charge on any atom is 0.306 e. The number of carbonyl (C=O) groups is 2. The molecule has 0 aliphatic carbocycles. The van der Waals surface area contributed by atoms with Gasteiger partial charge in [-0.2, -0.15) is 0 Å². The van der Waals surface area contributed by atoms with E-state index in [4.69, 9.17) is 13.8 Å². The molecule has 0 aliphatic heterocycles. The molecule has 3 unspecified atom stereocenters. The lowest BCUT2D eigenvalue weighted by Gasteiger charge is -2.30. The highest BCUT2D eigenvalue weighted by Gasteiger charge is 2.27. The van der Waals surface area contributed by atoms with Crippen molar-refractivity contribution in [3.63, 3.8) is 0 Å². The number of phosphoric ester groups is 1. The van der Waals surface area contributed by atoms with E-state index in [1.54, 1.807) is 0 Å². The minimum atomic E-state index is -4.70. The van der Waals surface area contributed by atoms with Crippen molar-refractivity contribution in [2.75, 3.05) is 40.9 Å². The van der Waals surface area contributed by atoms with Gasteiger partial charge in [-0.1, -0.05) is 308 Å². The molecule has 0 heterocycles. The Labute approximate surface area is 491 Å². The van der Waals surface area contributed by atoms with Crippen molar-refractivity contribution in [1.29, 1.82) is 0 Å². The first kappa shape index (κ1) is 77.2. The predicted octanol–water partition coefficient (Wildman–Crippen LogP) is 20.8. The lowest BCUT2D eigenvalue weighted by molar-refractivity contribution is -0.870. The predicted molar refractivity (Wildman–Crippen MR) is 340 cm³/mol. The van der Waals surface area contributed by atoms with Gasteiger partial charge in [-0.05, 0) is 57.4 Å². The second-order valence-corrected chi connectivity index (χ2v) is 26.1. The number of esters is 1. The Hall–Kier alpha value is -1.77. The van der Waals surface area contributed by atoms with Gasteiger partial charge in [-0.3, -0.25) is 14.2 Å². The molecule has 0 aliphatic rings. The van der Waals surface area contributed by atoms with Crippen LogP contribution in [0.25, 0.3) is 0 Å². The lowest BCUT2D eigenvalue weighted by Crippen LogP contribution is -2.47. The van der Waals surface area contributed by atoms with Crippen LogP contribution in [0.5, 0.6) is 0 Å². The number of unbranched alkanes of at least 4 members (excludes halogenated alkanes) is 44. The van der Waals surface area contributed by atoms with Crippen molar-refractivity contribution < 1.29 is 37.3 Å². The van der Waals surface area contributed by atoms with Crippen LogP contribution in [-0.4, -0.2) is 69.4 Å². The smallest absolute Gasteiger partial charge is 0.306 e. The maximum atomic E-state index is 13.6. The molecule has 1 N–H and O–H groups in total. The first-order valence-electron chi connectivity index (χ1n) is 34.3. The quantitative estimate of drug-likeness (QED) is 0.0161. The van der Waals surface area contributed by atoms with Gasteiger partial charge in [0.1, 0.15) is 19.3 Å². The summed E-state index contributed by atoms with van der Waals surface area (Å²) in [6.07, 6.45) is 72.8. The summed E-state index contributed by atoms with van der Waals surface area (Å²) in [4.78, 5) is 40.0. The fourth-order valence-electron chi connectivity index (χ4n) is 10.3. The molecule has 0 bridgehead atoms. The number of carbonyl (C=O) groups excluding carboxylic acids is 2. The third-order valence-electron chi connectivity index (χ3n) is 15.6. The Kier molecular flexibility index (Phi) is 58.1. The Morgan fingerprint density at radius 3 is 1.14 bits per heavy atom. The minimum Gasteiger partial charge on any atom is -0.756 e. The molecule has 0 aromatic carbocycles. The lowest BCUT2D eigenvalue weighted by atomic mass is 10.0. The molecule has 0 fully saturated rings. The van der Waals surface area contributed by atoms with Crippen LogP contribution >= 0.6 is 7.82 Å². The molecule has 1 amide bonds. The van der Waals surface area contributed by atoms with Gasteiger partial charge in [0.05, 0.1) is 33.8 Å². The summed E-state index contributed by atoms with van der Waals surface area (Å²) in [5.74, 6) is -0.539. The highest BCUT2D eigenvalue weighted by Crippen LogP contribution is 2.38. The first-order valence-corrected chi connectivity index (χ1v) is 35.8. The molecule has 0 rings (SSSR count). The monoisotopic (exact) mass is 1130 g/mol. The average Bonchev–Trinajstić information content (AvgIpc) is 3.41. The standard InChI is InChI=1S/C69H133N2O7P/c1-7-10-13-16-19-22-25-27-29-30-31-32-33-34-35-36-37-38-39-40-42-43-46-49-52-55-58-61-68(72)70-66(65-77-79(74,75)76-64-63-71(4,5)6)67(60-57-54-51-48-45-24-21-18-15-12-9-3)78-69(73)62-59-56-53-50-47-44-41-28-26-23-20-17-14-11-8-2/h20,23,26,28,57,60,66-67H,7-19,21-22,24-25,27,29-56,58-59,61-65H2,1-6H3,(H-,70,72,74,75)/b23-20+,28-26+,60-57-. The van der Waals surface area contributed by atoms with Gasteiger partial charge in [-0.15, -0.1) is 0 Å². The summed E-state index contributed by atoms with van der Waals surface area (Å²) in [7, 11) is 1.19. The fraction of sp³-hybridized carbons (Fsp3) is 0.884. The van der Waals surface area contributed by atoms with Crippen molar-refractivity contribution in [3.8, 4) is 0 Å². The molecule has 10 heteroatoms. The van der Waals surface area contributed by atoms with E-state index < -0.39 is 20.0 Å². The second-order valence-electron chi connectivity index (χ2n) is 24.7. The third kappa shape index (κ3) is 60.6. The summed E-state index contributed by atoms with van der Waals surface area (Å²) in [6.45, 7) is 6.85. The van der Waals surface area contributed by atoms with Gasteiger partial charge in [0.15, 0.2) is 0 Å². The molecule has 0 saturated carbocycles. The van der Waals surface area contributed by atoms with E-state index in [1.165, 1.54) is 231 Å². The topological polar surface area (TPSA) is 114 Å². The van der Waals surface area contributed by atoms with E-state index in [-0.39, 0.29) is 31.5 Å². The number of likely N-dealkylation sites (N-methyl/N-ethyl adjacent to an activating group) is 1. The molecule has 0 radical (unpaired) electrons. The van der Waals surface area contributed by atoms with Crippen molar-refractivity contribution in [3.05, 3.63) is 36.5 Å². The van der Waals surface area contributed by atoms with E-state index in [9.17, 15) is 19.0 Å². The van der Waals surface area contributed by atoms with E-state index in [1.807, 2.05) is 33.3 Å². The van der Waals surface area contributed by atoms with Crippen LogP contribution in [0.15, 0.2) is 36.5 Å².